The second-order valence-electron chi connectivity index (χ2n) is 8.30. The molecule has 1 heterocycles. The van der Waals surface area contributed by atoms with Gasteiger partial charge in [0, 0.05) is 5.56 Å². The van der Waals surface area contributed by atoms with E-state index in [1.807, 2.05) is 0 Å². The lowest BCUT2D eigenvalue weighted by molar-refractivity contribution is -0.184. The molecule has 1 aromatic rings. The predicted molar refractivity (Wildman–Crippen MR) is 94.7 cm³/mol. The largest absolute Gasteiger partial charge is 0.484 e. The molecular formula is C18H27F3O4Si. The molecule has 0 atom stereocenters. The van der Waals surface area contributed by atoms with Crippen LogP contribution in [0.2, 0.25) is 18.1 Å². The molecule has 0 bridgehead atoms. The normalized spacial score (nSPS) is 17.7. The van der Waals surface area contributed by atoms with Crippen molar-refractivity contribution in [1.29, 1.82) is 0 Å². The fraction of sp³-hybridized carbons (Fsp3) is 0.667. The fourth-order valence-corrected chi connectivity index (χ4v) is 3.14. The highest BCUT2D eigenvalue weighted by Gasteiger charge is 2.40. The van der Waals surface area contributed by atoms with E-state index in [0.717, 1.165) is 0 Å². The Labute approximate surface area is 153 Å². The average Bonchev–Trinajstić information content (AvgIpc) is 2.47. The van der Waals surface area contributed by atoms with Crippen molar-refractivity contribution in [1.82, 2.24) is 0 Å². The summed E-state index contributed by atoms with van der Waals surface area (Å²) in [7, 11) is -2.06. The molecule has 26 heavy (non-hydrogen) atoms. The molecule has 0 radical (unpaired) electrons. The summed E-state index contributed by atoms with van der Waals surface area (Å²) in [4.78, 5) is 0. The second-order valence-corrected chi connectivity index (χ2v) is 13.1. The monoisotopic (exact) mass is 392 g/mol. The van der Waals surface area contributed by atoms with E-state index >= 15 is 0 Å². The lowest BCUT2D eigenvalue weighted by Crippen LogP contribution is -2.46. The second kappa shape index (κ2) is 7.14. The SMILES string of the molecule is CC(C)(C)[Si](C)(C)OCc1ccc(C2(O)COC2)cc1OCC(F)(F)F. The van der Waals surface area contributed by atoms with Crippen molar-refractivity contribution in [2.24, 2.45) is 0 Å². The smallest absolute Gasteiger partial charge is 0.422 e. The Morgan fingerprint density at radius 1 is 1.19 bits per heavy atom. The van der Waals surface area contributed by atoms with Gasteiger partial charge in [0.05, 0.1) is 19.8 Å². The molecule has 1 N–H and O–H groups in total. The Hall–Kier alpha value is -1.09. The first kappa shape index (κ1) is 21.2. The Kier molecular flexibility index (Phi) is 5.83. The van der Waals surface area contributed by atoms with Crippen LogP contribution in [-0.4, -0.2) is 39.4 Å². The molecule has 0 saturated carbocycles. The van der Waals surface area contributed by atoms with E-state index in [9.17, 15) is 18.3 Å². The molecule has 8 heteroatoms. The van der Waals surface area contributed by atoms with Crippen LogP contribution in [0.5, 0.6) is 5.75 Å². The molecule has 1 aliphatic rings. The topological polar surface area (TPSA) is 47.9 Å². The van der Waals surface area contributed by atoms with Gasteiger partial charge in [-0.2, -0.15) is 13.2 Å². The first-order chi connectivity index (χ1) is 11.7. The Morgan fingerprint density at radius 2 is 1.81 bits per heavy atom. The minimum absolute atomic E-state index is 0.0155. The van der Waals surface area contributed by atoms with Gasteiger partial charge in [0.1, 0.15) is 11.4 Å². The summed E-state index contributed by atoms with van der Waals surface area (Å²) in [5.74, 6) is 0.0823. The number of ether oxygens (including phenoxy) is 2. The summed E-state index contributed by atoms with van der Waals surface area (Å²) < 4.78 is 53.9. The highest BCUT2D eigenvalue weighted by atomic mass is 28.4. The van der Waals surface area contributed by atoms with Crippen LogP contribution in [0.4, 0.5) is 13.2 Å². The maximum absolute atomic E-state index is 12.6. The van der Waals surface area contributed by atoms with Crippen molar-refractivity contribution >= 4 is 8.32 Å². The van der Waals surface area contributed by atoms with Gasteiger partial charge in [0.2, 0.25) is 0 Å². The molecule has 0 spiro atoms. The third kappa shape index (κ3) is 5.00. The highest BCUT2D eigenvalue weighted by Crippen LogP contribution is 2.38. The molecule has 2 rings (SSSR count). The van der Waals surface area contributed by atoms with E-state index < -0.39 is 26.7 Å². The average molecular weight is 392 g/mol. The first-order valence-corrected chi connectivity index (χ1v) is 11.4. The number of hydrogen-bond donors (Lipinski definition) is 1. The minimum atomic E-state index is -4.44. The van der Waals surface area contributed by atoms with Gasteiger partial charge in [-0.25, -0.2) is 0 Å². The molecule has 1 aromatic carbocycles. The molecule has 0 aliphatic carbocycles. The molecule has 0 unspecified atom stereocenters. The van der Waals surface area contributed by atoms with Crippen molar-refractivity contribution in [2.75, 3.05) is 19.8 Å². The summed E-state index contributed by atoms with van der Waals surface area (Å²) in [5.41, 5.74) is -0.154. The maximum atomic E-state index is 12.6. The number of alkyl halides is 3. The van der Waals surface area contributed by atoms with E-state index in [1.54, 1.807) is 12.1 Å². The fourth-order valence-electron chi connectivity index (χ4n) is 2.19. The maximum Gasteiger partial charge on any atom is 0.422 e. The van der Waals surface area contributed by atoms with Gasteiger partial charge >= 0.3 is 6.18 Å². The van der Waals surface area contributed by atoms with Crippen molar-refractivity contribution in [3.8, 4) is 5.75 Å². The molecule has 0 amide bonds. The number of benzene rings is 1. The molecule has 1 fully saturated rings. The van der Waals surface area contributed by atoms with Crippen LogP contribution in [0, 0.1) is 0 Å². The predicted octanol–water partition coefficient (Wildman–Crippen LogP) is 4.37. The van der Waals surface area contributed by atoms with E-state index in [1.165, 1.54) is 6.07 Å². The van der Waals surface area contributed by atoms with Crippen LogP contribution in [0.25, 0.3) is 0 Å². The van der Waals surface area contributed by atoms with Gasteiger partial charge in [-0.05, 0) is 29.8 Å². The number of aliphatic hydroxyl groups is 1. The number of hydrogen-bond acceptors (Lipinski definition) is 4. The zero-order valence-corrected chi connectivity index (χ0v) is 16.9. The summed E-state index contributed by atoms with van der Waals surface area (Å²) >= 11 is 0. The van der Waals surface area contributed by atoms with E-state index in [0.29, 0.717) is 11.1 Å². The van der Waals surface area contributed by atoms with Crippen LogP contribution in [0.1, 0.15) is 31.9 Å². The lowest BCUT2D eigenvalue weighted by atomic mass is 9.91. The molecule has 0 aromatic heterocycles. The van der Waals surface area contributed by atoms with Crippen molar-refractivity contribution in [3.63, 3.8) is 0 Å². The summed E-state index contributed by atoms with van der Waals surface area (Å²) in [5, 5.41) is 10.3. The first-order valence-electron chi connectivity index (χ1n) is 8.51. The van der Waals surface area contributed by atoms with Gasteiger partial charge in [-0.1, -0.05) is 32.9 Å². The van der Waals surface area contributed by atoms with Crippen molar-refractivity contribution in [3.05, 3.63) is 29.3 Å². The third-order valence-corrected chi connectivity index (χ3v) is 9.55. The van der Waals surface area contributed by atoms with Gasteiger partial charge in [0.25, 0.3) is 0 Å². The van der Waals surface area contributed by atoms with Crippen molar-refractivity contribution in [2.45, 2.75) is 57.3 Å². The number of rotatable bonds is 6. The summed E-state index contributed by atoms with van der Waals surface area (Å²) in [6.45, 7) is 9.44. The van der Waals surface area contributed by atoms with Crippen LogP contribution in [0.3, 0.4) is 0 Å². The zero-order chi connectivity index (χ0) is 19.8. The van der Waals surface area contributed by atoms with Gasteiger partial charge in [0.15, 0.2) is 14.9 Å². The van der Waals surface area contributed by atoms with Crippen molar-refractivity contribution < 1.29 is 32.2 Å². The Balaban J connectivity index is 2.23. The third-order valence-electron chi connectivity index (χ3n) is 5.07. The molecule has 4 nitrogen and oxygen atoms in total. The van der Waals surface area contributed by atoms with E-state index in [2.05, 4.69) is 33.9 Å². The van der Waals surface area contributed by atoms with Gasteiger partial charge in [-0.3, -0.25) is 0 Å². The standard InChI is InChI=1S/C18H27F3O4Si/c1-16(2,3)26(4,5)25-9-13-6-7-14(17(22)10-23-11-17)8-15(13)24-12-18(19,20)21/h6-8,22H,9-12H2,1-5H3. The number of halogens is 3. The molecule has 148 valence electrons. The van der Waals surface area contributed by atoms with Crippen LogP contribution >= 0.6 is 0 Å². The summed E-state index contributed by atoms with van der Waals surface area (Å²) in [6.07, 6.45) is -4.44. The van der Waals surface area contributed by atoms with Gasteiger partial charge < -0.3 is 19.0 Å². The van der Waals surface area contributed by atoms with E-state index in [4.69, 9.17) is 13.9 Å². The van der Waals surface area contributed by atoms with Crippen LogP contribution in [-0.2, 0) is 21.4 Å². The van der Waals surface area contributed by atoms with Crippen LogP contribution in [0.15, 0.2) is 18.2 Å². The van der Waals surface area contributed by atoms with Crippen LogP contribution < -0.4 is 4.74 Å². The highest BCUT2D eigenvalue weighted by molar-refractivity contribution is 6.74. The van der Waals surface area contributed by atoms with E-state index in [-0.39, 0.29) is 30.6 Å². The zero-order valence-electron chi connectivity index (χ0n) is 15.9. The molecule has 1 saturated heterocycles. The van der Waals surface area contributed by atoms with Gasteiger partial charge in [-0.15, -0.1) is 0 Å². The summed E-state index contributed by atoms with van der Waals surface area (Å²) in [6, 6.07) is 4.80. The Bertz CT molecular complexity index is 634. The molecular weight excluding hydrogens is 365 g/mol. The molecule has 1 aliphatic heterocycles. The quantitative estimate of drug-likeness (QED) is 0.731. The lowest BCUT2D eigenvalue weighted by Gasteiger charge is -2.37. The minimum Gasteiger partial charge on any atom is -0.484 e. The Morgan fingerprint density at radius 3 is 2.27 bits per heavy atom.